The molecule has 200 valence electrons. The van der Waals surface area contributed by atoms with E-state index >= 15 is 0 Å². The van der Waals surface area contributed by atoms with Crippen LogP contribution in [0.15, 0.2) is 162 Å². The molecule has 0 bridgehead atoms. The highest BCUT2D eigenvalue weighted by atomic mass is 16.3. The molecule has 43 heavy (non-hydrogen) atoms. The van der Waals surface area contributed by atoms with Crippen molar-refractivity contribution in [3.05, 3.63) is 157 Å². The van der Waals surface area contributed by atoms with Crippen LogP contribution in [0, 0.1) is 0 Å². The number of hydrogen-bond donors (Lipinski definition) is 0. The van der Waals surface area contributed by atoms with Crippen LogP contribution in [0.5, 0.6) is 0 Å². The zero-order chi connectivity index (χ0) is 50.1. The zero-order valence-corrected chi connectivity index (χ0v) is 21.5. The van der Waals surface area contributed by atoms with Crippen molar-refractivity contribution in [3.8, 4) is 33.4 Å². The van der Waals surface area contributed by atoms with Crippen molar-refractivity contribution in [1.82, 2.24) is 0 Å². The number of furan rings is 1. The Morgan fingerprint density at radius 2 is 0.884 bits per heavy atom. The van der Waals surface area contributed by atoms with Crippen LogP contribution in [0.25, 0.3) is 87.6 Å². The second-order valence-corrected chi connectivity index (χ2v) is 9.34. The average Bonchev–Trinajstić information content (AvgIpc) is 3.72. The summed E-state index contributed by atoms with van der Waals surface area (Å²) in [4.78, 5) is 0. The lowest BCUT2D eigenvalue weighted by atomic mass is 9.85. The van der Waals surface area contributed by atoms with Gasteiger partial charge in [-0.15, -0.1) is 0 Å². The van der Waals surface area contributed by atoms with Crippen LogP contribution in [-0.4, -0.2) is 0 Å². The van der Waals surface area contributed by atoms with Crippen molar-refractivity contribution < 1.29 is 38.7 Å². The number of benzene rings is 8. The summed E-state index contributed by atoms with van der Waals surface area (Å²) in [5.41, 5.74) is -4.74. The quantitative estimate of drug-likeness (QED) is 0.192. The Kier molecular flexibility index (Phi) is 2.19. The summed E-state index contributed by atoms with van der Waals surface area (Å²) < 4.78 is 227. The third kappa shape index (κ3) is 3.79. The van der Waals surface area contributed by atoms with E-state index < -0.39 is 233 Å². The molecule has 0 N–H and O–H groups in total. The predicted octanol–water partition coefficient (Wildman–Crippen LogP) is 12.0. The van der Waals surface area contributed by atoms with E-state index in [1.54, 1.807) is 0 Å². The number of para-hydroxylation sites is 1. The number of hydrogen-bond acceptors (Lipinski definition) is 1. The summed E-state index contributed by atoms with van der Waals surface area (Å²) in [5.74, 6) is 0. The molecule has 9 rings (SSSR count). The van der Waals surface area contributed by atoms with Gasteiger partial charge in [0.05, 0.1) is 34.3 Å². The molecule has 0 radical (unpaired) electrons. The number of rotatable bonds is 3. The van der Waals surface area contributed by atoms with Gasteiger partial charge in [-0.25, -0.2) is 0 Å². The van der Waals surface area contributed by atoms with E-state index in [-0.39, 0.29) is 5.39 Å². The first kappa shape index (κ1) is 9.97. The molecule has 9 aromatic rings. The fourth-order valence-corrected chi connectivity index (χ4v) is 5.08. The van der Waals surface area contributed by atoms with Gasteiger partial charge in [-0.1, -0.05) is 133 Å². The second-order valence-electron chi connectivity index (χ2n) is 9.34. The smallest absolute Gasteiger partial charge is 0.136 e. The Hall–Kier alpha value is -5.66. The first-order chi connectivity index (χ1) is 31.7. The van der Waals surface area contributed by atoms with Crippen LogP contribution in [0.4, 0.5) is 0 Å². The molecule has 1 nitrogen and oxygen atoms in total. The van der Waals surface area contributed by atoms with E-state index in [1.807, 2.05) is 0 Å². The number of fused-ring (bicyclic) bond motifs is 6. The lowest BCUT2D eigenvalue weighted by molar-refractivity contribution is 0.669. The second kappa shape index (κ2) is 9.44. The van der Waals surface area contributed by atoms with Gasteiger partial charge < -0.3 is 4.42 Å². The van der Waals surface area contributed by atoms with E-state index in [4.69, 9.17) is 25.0 Å². The van der Waals surface area contributed by atoms with E-state index in [1.165, 1.54) is 0 Å². The average molecular weight is 572 g/mol. The highest BCUT2D eigenvalue weighted by molar-refractivity contribution is 6.22. The van der Waals surface area contributed by atoms with Gasteiger partial charge in [0.15, 0.2) is 0 Å². The van der Waals surface area contributed by atoms with Crippen LogP contribution in [0.1, 0.15) is 34.3 Å². The summed E-state index contributed by atoms with van der Waals surface area (Å²) in [7, 11) is 0. The van der Waals surface area contributed by atoms with Crippen LogP contribution in [0.3, 0.4) is 0 Å². The van der Waals surface area contributed by atoms with Gasteiger partial charge in [-0.05, 0) is 89.9 Å². The molecule has 0 saturated carbocycles. The molecule has 1 aromatic heterocycles. The maximum Gasteiger partial charge on any atom is 0.136 e. The van der Waals surface area contributed by atoms with Crippen molar-refractivity contribution in [3.63, 3.8) is 0 Å². The summed E-state index contributed by atoms with van der Waals surface area (Å²) in [5, 5.41) is -4.24. The SMILES string of the molecule is [2H]c1cc(-c2c([2H])c([2H])c3c([2H])c([2H])c([2H])c([2H])c3c2[2H])c([2H])c([2H])c1-c1c2c([2H])c([2H])c([2H])c([2H])c2c(-c2c([2H])c([2H])c3c(oc4c([2H])c([2H])c([2H])c([2H])c43)c2[2H])c2c([2H])c([2H])c([2H])c([2H])c12. The topological polar surface area (TPSA) is 13.1 Å². The van der Waals surface area contributed by atoms with Gasteiger partial charge in [-0.3, -0.25) is 0 Å². The Bertz CT molecular complexity index is 3830. The molecule has 0 aliphatic carbocycles. The van der Waals surface area contributed by atoms with Crippen LogP contribution in [0.2, 0.25) is 0 Å². The molecule has 0 fully saturated rings. The summed E-state index contributed by atoms with van der Waals surface area (Å²) in [6.45, 7) is 0. The molecule has 0 unspecified atom stereocenters. The highest BCUT2D eigenvalue weighted by Crippen LogP contribution is 2.45. The minimum atomic E-state index is -0.956. The van der Waals surface area contributed by atoms with Crippen LogP contribution >= 0.6 is 0 Å². The van der Waals surface area contributed by atoms with Gasteiger partial charge in [0.2, 0.25) is 0 Å². The van der Waals surface area contributed by atoms with Crippen molar-refractivity contribution in [2.24, 2.45) is 0 Å². The predicted molar refractivity (Wildman–Crippen MR) is 183 cm³/mol. The third-order valence-corrected chi connectivity index (χ3v) is 6.96. The molecular formula is C42H26O. The summed E-state index contributed by atoms with van der Waals surface area (Å²) in [6.07, 6.45) is 0. The maximum atomic E-state index is 9.48. The Morgan fingerprint density at radius 3 is 1.63 bits per heavy atom. The summed E-state index contributed by atoms with van der Waals surface area (Å²) in [6, 6.07) is -19.6. The molecule has 0 atom stereocenters. The third-order valence-electron chi connectivity index (χ3n) is 6.96. The Balaban J connectivity index is 1.51. The van der Waals surface area contributed by atoms with Crippen LogP contribution in [-0.2, 0) is 0 Å². The van der Waals surface area contributed by atoms with Gasteiger partial charge in [0, 0.05) is 10.8 Å². The Labute approximate surface area is 284 Å². The van der Waals surface area contributed by atoms with Crippen LogP contribution < -0.4 is 0 Å². The van der Waals surface area contributed by atoms with Crippen molar-refractivity contribution >= 4 is 54.3 Å². The van der Waals surface area contributed by atoms with E-state index in [9.17, 15) is 13.7 Å². The van der Waals surface area contributed by atoms with Crippen molar-refractivity contribution in [1.29, 1.82) is 0 Å². The first-order valence-corrected chi connectivity index (χ1v) is 12.7. The minimum absolute atomic E-state index is 0.346. The molecular weight excluding hydrogens is 520 g/mol. The van der Waals surface area contributed by atoms with E-state index in [0.717, 1.165) is 6.07 Å². The molecule has 0 saturated heterocycles. The lowest BCUT2D eigenvalue weighted by Crippen LogP contribution is -1.91. The van der Waals surface area contributed by atoms with Gasteiger partial charge >= 0.3 is 0 Å². The molecule has 8 aromatic carbocycles. The molecule has 0 spiro atoms. The Morgan fingerprint density at radius 1 is 0.349 bits per heavy atom. The van der Waals surface area contributed by atoms with E-state index in [0.29, 0.717) is 0 Å². The van der Waals surface area contributed by atoms with Crippen molar-refractivity contribution in [2.45, 2.75) is 0 Å². The van der Waals surface area contributed by atoms with Crippen molar-refractivity contribution in [2.75, 3.05) is 0 Å². The standard InChI is InChI=1S/C42H26O/c1-2-10-30-25-31(22-19-27(30)9-1)28-17-20-29(21-18-28)41-35-12-3-5-14-37(35)42(38-15-6-4-13-36(38)41)32-23-24-34-33-11-7-8-16-39(33)43-40(34)26-32/h1-26H/i1D,2D,3D,4D,5D,6D,7D,8D,9D,10D,11D,12D,13D,14D,15D,16D,17D,19D,20D,21D,22D,23D,24D,25D,26D. The van der Waals surface area contributed by atoms with Gasteiger partial charge in [0.1, 0.15) is 11.2 Å². The van der Waals surface area contributed by atoms with Gasteiger partial charge in [-0.2, -0.15) is 0 Å². The molecule has 0 aliphatic rings. The van der Waals surface area contributed by atoms with Gasteiger partial charge in [0.25, 0.3) is 0 Å². The maximum absolute atomic E-state index is 9.48. The molecule has 0 aliphatic heterocycles. The molecule has 1 heteroatoms. The fraction of sp³-hybridized carbons (Fsp3) is 0. The fourth-order valence-electron chi connectivity index (χ4n) is 5.08. The first-order valence-electron chi connectivity index (χ1n) is 25.2. The minimum Gasteiger partial charge on any atom is -0.456 e. The monoisotopic (exact) mass is 571 g/mol. The van der Waals surface area contributed by atoms with E-state index in [2.05, 4.69) is 0 Å². The molecule has 1 heterocycles. The largest absolute Gasteiger partial charge is 0.456 e. The highest BCUT2D eigenvalue weighted by Gasteiger charge is 2.17. The normalized spacial score (nSPS) is 19.9. The lowest BCUT2D eigenvalue weighted by Gasteiger charge is -2.18. The molecule has 0 amide bonds. The summed E-state index contributed by atoms with van der Waals surface area (Å²) >= 11 is 0. The zero-order valence-electron chi connectivity index (χ0n) is 46.5.